The van der Waals surface area contributed by atoms with Crippen molar-refractivity contribution in [1.29, 1.82) is 0 Å². The first-order valence-electron chi connectivity index (χ1n) is 5.73. The summed E-state index contributed by atoms with van der Waals surface area (Å²) < 4.78 is 5.21. The fraction of sp³-hybridized carbons (Fsp3) is 0.615. The number of aromatic nitrogens is 1. The third kappa shape index (κ3) is 1.69. The standard InChI is InChI=1S/C13H20N2O/c1-8-5-9(6-11(15-8)16-4)12-10(7-14)13(12,2)3/h5-6,10,12H,7,14H2,1-4H3/t10-,12-/m0/s1. The Balaban J connectivity index is 2.32. The molecule has 1 heterocycles. The number of aryl methyl sites for hydroxylation is 1. The van der Waals surface area contributed by atoms with Crippen LogP contribution in [0.25, 0.3) is 0 Å². The summed E-state index contributed by atoms with van der Waals surface area (Å²) in [6.07, 6.45) is 0. The van der Waals surface area contributed by atoms with Gasteiger partial charge in [0.1, 0.15) is 0 Å². The van der Waals surface area contributed by atoms with Gasteiger partial charge in [0.25, 0.3) is 0 Å². The molecular formula is C13H20N2O. The van der Waals surface area contributed by atoms with E-state index in [1.54, 1.807) is 7.11 Å². The lowest BCUT2D eigenvalue weighted by molar-refractivity contribution is 0.396. The number of ether oxygens (including phenoxy) is 1. The molecule has 1 aromatic heterocycles. The fourth-order valence-electron chi connectivity index (χ4n) is 2.79. The van der Waals surface area contributed by atoms with Gasteiger partial charge < -0.3 is 10.5 Å². The zero-order valence-electron chi connectivity index (χ0n) is 10.4. The summed E-state index contributed by atoms with van der Waals surface area (Å²) in [5, 5.41) is 0. The highest BCUT2D eigenvalue weighted by molar-refractivity contribution is 5.35. The van der Waals surface area contributed by atoms with Crippen LogP contribution in [0.15, 0.2) is 12.1 Å². The Kier molecular flexibility index (Phi) is 2.66. The molecule has 2 atom stereocenters. The van der Waals surface area contributed by atoms with Crippen LogP contribution in [0.4, 0.5) is 0 Å². The second kappa shape index (κ2) is 3.74. The Hall–Kier alpha value is -1.09. The quantitative estimate of drug-likeness (QED) is 0.848. The van der Waals surface area contributed by atoms with Gasteiger partial charge in [-0.05, 0) is 42.3 Å². The van der Waals surface area contributed by atoms with E-state index in [-0.39, 0.29) is 0 Å². The van der Waals surface area contributed by atoms with Crippen LogP contribution in [0.2, 0.25) is 0 Å². The molecule has 3 nitrogen and oxygen atoms in total. The molecule has 0 unspecified atom stereocenters. The molecule has 1 aromatic rings. The maximum atomic E-state index is 5.80. The van der Waals surface area contributed by atoms with E-state index in [1.165, 1.54) is 5.56 Å². The molecule has 0 amide bonds. The molecule has 1 saturated carbocycles. The molecule has 1 aliphatic rings. The Bertz CT molecular complexity index is 401. The van der Waals surface area contributed by atoms with Crippen LogP contribution in [0.1, 0.15) is 31.0 Å². The van der Waals surface area contributed by atoms with Crippen LogP contribution in [-0.4, -0.2) is 18.6 Å². The van der Waals surface area contributed by atoms with Gasteiger partial charge in [-0.3, -0.25) is 0 Å². The number of hydrogen-bond acceptors (Lipinski definition) is 3. The molecular weight excluding hydrogens is 200 g/mol. The zero-order valence-corrected chi connectivity index (χ0v) is 10.4. The molecule has 1 fully saturated rings. The minimum atomic E-state index is 0.313. The summed E-state index contributed by atoms with van der Waals surface area (Å²) in [6, 6.07) is 4.18. The lowest BCUT2D eigenvalue weighted by Crippen LogP contribution is -2.05. The van der Waals surface area contributed by atoms with E-state index in [1.807, 2.05) is 13.0 Å². The van der Waals surface area contributed by atoms with Crippen LogP contribution in [0, 0.1) is 18.3 Å². The number of hydrogen-bond donors (Lipinski definition) is 1. The van der Waals surface area contributed by atoms with Gasteiger partial charge in [0.15, 0.2) is 0 Å². The monoisotopic (exact) mass is 220 g/mol. The summed E-state index contributed by atoms with van der Waals surface area (Å²) in [4.78, 5) is 4.31. The molecule has 16 heavy (non-hydrogen) atoms. The molecule has 3 heteroatoms. The number of nitrogens with zero attached hydrogens (tertiary/aromatic N) is 1. The van der Waals surface area contributed by atoms with Crippen molar-refractivity contribution in [2.45, 2.75) is 26.7 Å². The van der Waals surface area contributed by atoms with Gasteiger partial charge in [-0.25, -0.2) is 4.98 Å². The van der Waals surface area contributed by atoms with Gasteiger partial charge >= 0.3 is 0 Å². The number of methoxy groups -OCH3 is 1. The highest BCUT2D eigenvalue weighted by Gasteiger charge is 2.57. The van der Waals surface area contributed by atoms with E-state index >= 15 is 0 Å². The third-order valence-corrected chi connectivity index (χ3v) is 3.82. The summed E-state index contributed by atoms with van der Waals surface area (Å²) in [5.74, 6) is 1.83. The highest BCUT2D eigenvalue weighted by Crippen LogP contribution is 2.63. The maximum Gasteiger partial charge on any atom is 0.213 e. The van der Waals surface area contributed by atoms with Crippen LogP contribution in [0.3, 0.4) is 0 Å². The van der Waals surface area contributed by atoms with E-state index in [0.717, 1.165) is 12.2 Å². The third-order valence-electron chi connectivity index (χ3n) is 3.82. The minimum absolute atomic E-state index is 0.313. The van der Waals surface area contributed by atoms with Gasteiger partial charge in [-0.15, -0.1) is 0 Å². The van der Waals surface area contributed by atoms with E-state index in [0.29, 0.717) is 23.1 Å². The number of rotatable bonds is 3. The smallest absolute Gasteiger partial charge is 0.213 e. The first kappa shape index (κ1) is 11.4. The average Bonchev–Trinajstić information content (AvgIpc) is 2.79. The minimum Gasteiger partial charge on any atom is -0.481 e. The van der Waals surface area contributed by atoms with E-state index in [2.05, 4.69) is 24.9 Å². The Labute approximate surface area is 97.0 Å². The van der Waals surface area contributed by atoms with Crippen molar-refractivity contribution in [2.75, 3.05) is 13.7 Å². The van der Waals surface area contributed by atoms with Crippen LogP contribution >= 0.6 is 0 Å². The molecule has 88 valence electrons. The molecule has 0 aromatic carbocycles. The Morgan fingerprint density at radius 2 is 2.12 bits per heavy atom. The van der Waals surface area contributed by atoms with Crippen LogP contribution < -0.4 is 10.5 Å². The van der Waals surface area contributed by atoms with Crippen molar-refractivity contribution in [2.24, 2.45) is 17.1 Å². The van der Waals surface area contributed by atoms with Crippen LogP contribution in [0.5, 0.6) is 5.88 Å². The zero-order chi connectivity index (χ0) is 11.9. The average molecular weight is 220 g/mol. The second-order valence-corrected chi connectivity index (χ2v) is 5.23. The SMILES string of the molecule is COc1cc([C@H]2[C@H](CN)C2(C)C)cc(C)n1. The molecule has 0 spiro atoms. The van der Waals surface area contributed by atoms with Crippen molar-refractivity contribution in [3.63, 3.8) is 0 Å². The first-order valence-corrected chi connectivity index (χ1v) is 5.73. The number of pyridine rings is 1. The maximum absolute atomic E-state index is 5.80. The van der Waals surface area contributed by atoms with Crippen molar-refractivity contribution >= 4 is 0 Å². The summed E-state index contributed by atoms with van der Waals surface area (Å²) in [5.41, 5.74) is 8.43. The van der Waals surface area contributed by atoms with Crippen molar-refractivity contribution in [3.05, 3.63) is 23.4 Å². The molecule has 0 saturated heterocycles. The topological polar surface area (TPSA) is 48.1 Å². The van der Waals surface area contributed by atoms with Gasteiger partial charge in [0.05, 0.1) is 7.11 Å². The van der Waals surface area contributed by atoms with E-state index < -0.39 is 0 Å². The van der Waals surface area contributed by atoms with Gasteiger partial charge in [-0.2, -0.15) is 0 Å². The second-order valence-electron chi connectivity index (χ2n) is 5.23. The first-order chi connectivity index (χ1) is 7.50. The predicted molar refractivity (Wildman–Crippen MR) is 64.6 cm³/mol. The van der Waals surface area contributed by atoms with Crippen molar-refractivity contribution < 1.29 is 4.74 Å². The molecule has 0 aliphatic heterocycles. The van der Waals surface area contributed by atoms with Gasteiger partial charge in [0.2, 0.25) is 5.88 Å². The van der Waals surface area contributed by atoms with Crippen LogP contribution in [-0.2, 0) is 0 Å². The normalized spacial score (nSPS) is 26.6. The summed E-state index contributed by atoms with van der Waals surface area (Å²) in [6.45, 7) is 7.30. The molecule has 1 aliphatic carbocycles. The molecule has 2 rings (SSSR count). The van der Waals surface area contributed by atoms with Crippen molar-refractivity contribution in [3.8, 4) is 5.88 Å². The Morgan fingerprint density at radius 1 is 1.44 bits per heavy atom. The van der Waals surface area contributed by atoms with E-state index in [4.69, 9.17) is 10.5 Å². The summed E-state index contributed by atoms with van der Waals surface area (Å²) in [7, 11) is 1.66. The molecule has 0 bridgehead atoms. The summed E-state index contributed by atoms with van der Waals surface area (Å²) >= 11 is 0. The lowest BCUT2D eigenvalue weighted by atomic mass is 10.0. The van der Waals surface area contributed by atoms with Gasteiger partial charge in [0, 0.05) is 11.8 Å². The molecule has 2 N–H and O–H groups in total. The van der Waals surface area contributed by atoms with Gasteiger partial charge in [-0.1, -0.05) is 13.8 Å². The predicted octanol–water partition coefficient (Wildman–Crippen LogP) is 2.10. The Morgan fingerprint density at radius 3 is 2.62 bits per heavy atom. The van der Waals surface area contributed by atoms with E-state index in [9.17, 15) is 0 Å². The van der Waals surface area contributed by atoms with Crippen molar-refractivity contribution in [1.82, 2.24) is 4.98 Å². The highest BCUT2D eigenvalue weighted by atomic mass is 16.5. The number of nitrogens with two attached hydrogens (primary N) is 1. The fourth-order valence-corrected chi connectivity index (χ4v) is 2.79. The largest absolute Gasteiger partial charge is 0.481 e. The molecule has 0 radical (unpaired) electrons. The lowest BCUT2D eigenvalue weighted by Gasteiger charge is -2.07.